The summed E-state index contributed by atoms with van der Waals surface area (Å²) in [6.45, 7) is 0.667. The number of benzene rings is 3. The van der Waals surface area contributed by atoms with Gasteiger partial charge in [-0.15, -0.1) is 0 Å². The lowest BCUT2D eigenvalue weighted by atomic mass is 10.1. The molecule has 0 fully saturated rings. The highest BCUT2D eigenvalue weighted by Gasteiger charge is 2.05. The summed E-state index contributed by atoms with van der Waals surface area (Å²) >= 11 is 0. The molecule has 3 aromatic carbocycles. The minimum absolute atomic E-state index is 0.230. The highest BCUT2D eigenvalue weighted by atomic mass is 16.5. The van der Waals surface area contributed by atoms with E-state index in [2.05, 4.69) is 10.0 Å². The van der Waals surface area contributed by atoms with E-state index in [1.807, 2.05) is 48.5 Å². The molecule has 0 heterocycles. The zero-order valence-corrected chi connectivity index (χ0v) is 15.7. The van der Waals surface area contributed by atoms with Gasteiger partial charge in [-0.1, -0.05) is 65.3 Å². The molecule has 29 heavy (non-hydrogen) atoms. The summed E-state index contributed by atoms with van der Waals surface area (Å²) in [6.07, 6.45) is 2.49. The largest absolute Gasteiger partial charge is 0.493 e. The van der Waals surface area contributed by atoms with Crippen LogP contribution in [0.3, 0.4) is 0 Å². The average molecular weight is 388 g/mol. The Hall–Kier alpha value is -3.80. The molecule has 146 valence electrons. The van der Waals surface area contributed by atoms with Crippen LogP contribution in [0.1, 0.15) is 22.3 Å². The van der Waals surface area contributed by atoms with E-state index in [-0.39, 0.29) is 6.54 Å². The number of hydrogen-bond donors (Lipinski definition) is 2. The Labute approximate surface area is 167 Å². The van der Waals surface area contributed by atoms with Crippen molar-refractivity contribution in [3.05, 3.63) is 93.9 Å². The molecule has 0 aliphatic carbocycles. The van der Waals surface area contributed by atoms with Crippen LogP contribution in [-0.4, -0.2) is 24.3 Å². The molecule has 0 bridgehead atoms. The van der Waals surface area contributed by atoms with Crippen LogP contribution >= 0.6 is 0 Å². The fourth-order valence-electron chi connectivity index (χ4n) is 2.96. The summed E-state index contributed by atoms with van der Waals surface area (Å²) in [6, 6.07) is 20.7. The molecule has 2 N–H and O–H groups in total. The first kappa shape index (κ1) is 19.9. The zero-order chi connectivity index (χ0) is 20.5. The second kappa shape index (κ2) is 9.94. The molecule has 0 radical (unpaired) electrons. The summed E-state index contributed by atoms with van der Waals surface area (Å²) in [5.41, 5.74) is 12.4. The van der Waals surface area contributed by atoms with Crippen molar-refractivity contribution in [2.24, 2.45) is 5.11 Å². The second-order valence-electron chi connectivity index (χ2n) is 6.33. The fourth-order valence-corrected chi connectivity index (χ4v) is 2.96. The van der Waals surface area contributed by atoms with Gasteiger partial charge in [0.2, 0.25) is 0 Å². The smallest absolute Gasteiger partial charge is 0.274 e. The lowest BCUT2D eigenvalue weighted by molar-refractivity contribution is 0.0706. The first-order valence-corrected chi connectivity index (χ1v) is 9.06. The number of nitrogens with one attached hydrogen (secondary N) is 1. The maximum absolute atomic E-state index is 11.4. The van der Waals surface area contributed by atoms with Gasteiger partial charge < -0.3 is 4.74 Å². The summed E-state index contributed by atoms with van der Waals surface area (Å²) < 4.78 is 5.98. The molecular formula is C22H20N4O3. The summed E-state index contributed by atoms with van der Waals surface area (Å²) in [4.78, 5) is 14.2. The molecule has 7 nitrogen and oxygen atoms in total. The van der Waals surface area contributed by atoms with Crippen molar-refractivity contribution in [2.75, 3.05) is 13.2 Å². The summed E-state index contributed by atoms with van der Waals surface area (Å²) in [5, 5.41) is 14.5. The van der Waals surface area contributed by atoms with Gasteiger partial charge in [0.15, 0.2) is 0 Å². The number of hydrogen-bond acceptors (Lipinski definition) is 4. The summed E-state index contributed by atoms with van der Waals surface area (Å²) in [7, 11) is 0. The van der Waals surface area contributed by atoms with Crippen molar-refractivity contribution >= 4 is 22.8 Å². The Balaban J connectivity index is 1.71. The highest BCUT2D eigenvalue weighted by Crippen LogP contribution is 2.25. The molecule has 0 saturated heterocycles. The molecule has 3 rings (SSSR count). The highest BCUT2D eigenvalue weighted by molar-refractivity contribution is 5.93. The molecule has 0 saturated carbocycles. The Morgan fingerprint density at radius 3 is 2.62 bits per heavy atom. The van der Waals surface area contributed by atoms with E-state index in [1.165, 1.54) is 0 Å². The first-order valence-electron chi connectivity index (χ1n) is 9.06. The monoisotopic (exact) mass is 388 g/mol. The Bertz CT molecular complexity index is 1070. The van der Waals surface area contributed by atoms with Crippen molar-refractivity contribution in [3.8, 4) is 5.75 Å². The Morgan fingerprint density at radius 2 is 1.86 bits per heavy atom. The topological polar surface area (TPSA) is 107 Å². The SMILES string of the molecule is [N-]=[N+]=NCC(=Cc1ccc(C(=O)NO)cc1)CCOc1cccc2ccccc12. The molecule has 0 aliphatic heterocycles. The van der Waals surface area contributed by atoms with Gasteiger partial charge >= 0.3 is 0 Å². The van der Waals surface area contributed by atoms with Gasteiger partial charge in [0.05, 0.1) is 6.61 Å². The maximum Gasteiger partial charge on any atom is 0.274 e. The number of carbonyl (C=O) groups excluding carboxylic acids is 1. The number of carbonyl (C=O) groups is 1. The van der Waals surface area contributed by atoms with Gasteiger partial charge in [-0.2, -0.15) is 0 Å². The van der Waals surface area contributed by atoms with Crippen molar-refractivity contribution in [2.45, 2.75) is 6.42 Å². The minimum Gasteiger partial charge on any atom is -0.493 e. The number of amides is 1. The molecule has 0 atom stereocenters. The fraction of sp³-hybridized carbons (Fsp3) is 0.136. The standard InChI is InChI=1S/C22H20N4O3/c23-26-24-15-17(14-16-8-10-19(11-9-16)22(27)25-28)12-13-29-21-7-3-5-18-4-1-2-6-20(18)21/h1-11,14,28H,12-13,15H2,(H,25,27). The van der Waals surface area contributed by atoms with Crippen molar-refractivity contribution in [3.63, 3.8) is 0 Å². The Kier molecular flexibility index (Phi) is 6.84. The third-order valence-electron chi connectivity index (χ3n) is 4.41. The maximum atomic E-state index is 11.4. The van der Waals surface area contributed by atoms with E-state index in [9.17, 15) is 4.79 Å². The van der Waals surface area contributed by atoms with Crippen LogP contribution in [0.25, 0.3) is 27.3 Å². The molecule has 3 aromatic rings. The lowest BCUT2D eigenvalue weighted by Gasteiger charge is -2.11. The summed E-state index contributed by atoms with van der Waals surface area (Å²) in [5.74, 6) is 0.240. The van der Waals surface area contributed by atoms with Crippen LogP contribution in [-0.2, 0) is 0 Å². The molecule has 7 heteroatoms. The number of fused-ring (bicyclic) bond motifs is 1. The van der Waals surface area contributed by atoms with E-state index < -0.39 is 5.91 Å². The van der Waals surface area contributed by atoms with E-state index in [0.717, 1.165) is 27.7 Å². The van der Waals surface area contributed by atoms with Crippen LogP contribution in [0.15, 0.2) is 77.4 Å². The van der Waals surface area contributed by atoms with Crippen LogP contribution < -0.4 is 10.2 Å². The van der Waals surface area contributed by atoms with Crippen LogP contribution in [0.5, 0.6) is 5.75 Å². The third kappa shape index (κ3) is 5.35. The normalized spacial score (nSPS) is 11.0. The van der Waals surface area contributed by atoms with Crippen LogP contribution in [0, 0.1) is 0 Å². The average Bonchev–Trinajstić information content (AvgIpc) is 2.77. The third-order valence-corrected chi connectivity index (χ3v) is 4.41. The molecule has 1 amide bonds. The van der Waals surface area contributed by atoms with E-state index >= 15 is 0 Å². The molecule has 0 aliphatic rings. The van der Waals surface area contributed by atoms with Crippen molar-refractivity contribution in [1.82, 2.24) is 5.48 Å². The van der Waals surface area contributed by atoms with Gasteiger partial charge in [0.25, 0.3) is 5.91 Å². The minimum atomic E-state index is -0.571. The lowest BCUT2D eigenvalue weighted by Crippen LogP contribution is -2.18. The molecular weight excluding hydrogens is 368 g/mol. The van der Waals surface area contributed by atoms with E-state index in [1.54, 1.807) is 29.7 Å². The second-order valence-corrected chi connectivity index (χ2v) is 6.33. The van der Waals surface area contributed by atoms with Gasteiger partial charge in [-0.3, -0.25) is 10.0 Å². The van der Waals surface area contributed by atoms with Crippen molar-refractivity contribution in [1.29, 1.82) is 0 Å². The Morgan fingerprint density at radius 1 is 1.10 bits per heavy atom. The number of hydroxylamine groups is 1. The van der Waals surface area contributed by atoms with E-state index in [4.69, 9.17) is 15.5 Å². The number of rotatable bonds is 8. The predicted molar refractivity (Wildman–Crippen MR) is 112 cm³/mol. The molecule has 0 aromatic heterocycles. The zero-order valence-electron chi connectivity index (χ0n) is 15.7. The molecule has 0 unspecified atom stereocenters. The number of azide groups is 1. The number of nitrogens with zero attached hydrogens (tertiary/aromatic N) is 3. The van der Waals surface area contributed by atoms with Gasteiger partial charge in [0, 0.05) is 28.8 Å². The van der Waals surface area contributed by atoms with Crippen molar-refractivity contribution < 1.29 is 14.7 Å². The molecule has 0 spiro atoms. The number of ether oxygens (including phenoxy) is 1. The van der Waals surface area contributed by atoms with Gasteiger partial charge in [-0.25, -0.2) is 5.48 Å². The van der Waals surface area contributed by atoms with Gasteiger partial charge in [-0.05, 0) is 34.7 Å². The predicted octanol–water partition coefficient (Wildman–Crippen LogP) is 5.12. The first-order chi connectivity index (χ1) is 14.2. The van der Waals surface area contributed by atoms with Crippen LogP contribution in [0.2, 0.25) is 0 Å². The van der Waals surface area contributed by atoms with Crippen LogP contribution in [0.4, 0.5) is 0 Å². The quantitative estimate of drug-likeness (QED) is 0.184. The van der Waals surface area contributed by atoms with E-state index in [0.29, 0.717) is 18.6 Å². The van der Waals surface area contributed by atoms with Gasteiger partial charge in [0.1, 0.15) is 5.75 Å².